The molecule has 1 saturated heterocycles. The topological polar surface area (TPSA) is 3.24 Å². The fraction of sp³-hybridized carbons (Fsp3) is 0.600. The average Bonchev–Trinajstić information content (AvgIpc) is 2.87. The lowest BCUT2D eigenvalue weighted by molar-refractivity contribution is 0.205. The second kappa shape index (κ2) is 4.29. The molecule has 0 aromatic heterocycles. The Hall–Kier alpha value is -0.530. The Kier molecular flexibility index (Phi) is 2.92. The Balaban J connectivity index is 1.81. The maximum Gasteiger partial charge on any atom is 0.0441 e. The Morgan fingerprint density at radius 2 is 2.12 bits per heavy atom. The summed E-state index contributed by atoms with van der Waals surface area (Å²) in [6.45, 7) is 6.67. The summed E-state index contributed by atoms with van der Waals surface area (Å²) in [6, 6.07) is 5.21. The van der Waals surface area contributed by atoms with Crippen LogP contribution in [0.25, 0.3) is 0 Å². The highest BCUT2D eigenvalue weighted by Gasteiger charge is 2.37. The quantitative estimate of drug-likeness (QED) is 0.768. The van der Waals surface area contributed by atoms with Gasteiger partial charge in [0.1, 0.15) is 0 Å². The van der Waals surface area contributed by atoms with E-state index in [0.717, 1.165) is 23.5 Å². The van der Waals surface area contributed by atoms with Crippen LogP contribution in [0.5, 0.6) is 0 Å². The molecule has 2 heteroatoms. The van der Waals surface area contributed by atoms with Gasteiger partial charge >= 0.3 is 0 Å². The van der Waals surface area contributed by atoms with E-state index < -0.39 is 0 Å². The van der Waals surface area contributed by atoms with Crippen LogP contribution in [0.1, 0.15) is 36.0 Å². The molecule has 2 bridgehead atoms. The van der Waals surface area contributed by atoms with Crippen LogP contribution in [0.2, 0.25) is 5.02 Å². The van der Waals surface area contributed by atoms with E-state index in [4.69, 9.17) is 11.6 Å². The van der Waals surface area contributed by atoms with Gasteiger partial charge in [0.15, 0.2) is 0 Å². The van der Waals surface area contributed by atoms with E-state index >= 15 is 0 Å². The molecule has 1 aliphatic heterocycles. The Bertz CT molecular complexity index is 441. The highest BCUT2D eigenvalue weighted by atomic mass is 35.5. The van der Waals surface area contributed by atoms with Gasteiger partial charge in [0, 0.05) is 24.2 Å². The third kappa shape index (κ3) is 2.11. The van der Waals surface area contributed by atoms with Crippen LogP contribution in [0.4, 0.5) is 0 Å². The predicted octanol–water partition coefficient (Wildman–Crippen LogP) is 3.94. The minimum Gasteiger partial charge on any atom is -0.296 e. The minimum absolute atomic E-state index is 0.846. The molecule has 3 rings (SSSR count). The van der Waals surface area contributed by atoms with E-state index in [2.05, 4.69) is 30.9 Å². The molecule has 1 aliphatic carbocycles. The van der Waals surface area contributed by atoms with Gasteiger partial charge in [-0.15, -0.1) is 0 Å². The SMILES string of the molecule is Cc1cc(Cl)c(C)c(CN2CC3CCC2C3)c1. The predicted molar refractivity (Wildman–Crippen MR) is 72.5 cm³/mol. The summed E-state index contributed by atoms with van der Waals surface area (Å²) in [7, 11) is 0. The van der Waals surface area contributed by atoms with Gasteiger partial charge in [-0.25, -0.2) is 0 Å². The lowest BCUT2D eigenvalue weighted by atomic mass is 10.0. The van der Waals surface area contributed by atoms with Crippen molar-refractivity contribution in [3.8, 4) is 0 Å². The minimum atomic E-state index is 0.846. The number of piperidine rings is 1. The van der Waals surface area contributed by atoms with Gasteiger partial charge in [-0.3, -0.25) is 4.90 Å². The van der Waals surface area contributed by atoms with E-state index in [1.165, 1.54) is 42.5 Å². The van der Waals surface area contributed by atoms with Crippen molar-refractivity contribution in [2.24, 2.45) is 5.92 Å². The first kappa shape index (κ1) is 11.6. The molecule has 1 nitrogen and oxygen atoms in total. The van der Waals surface area contributed by atoms with Crippen LogP contribution in [0, 0.1) is 19.8 Å². The van der Waals surface area contributed by atoms with Crippen LogP contribution in [-0.4, -0.2) is 17.5 Å². The van der Waals surface area contributed by atoms with Gasteiger partial charge in [0.25, 0.3) is 0 Å². The third-order valence-corrected chi connectivity index (χ3v) is 4.88. The van der Waals surface area contributed by atoms with Crippen molar-refractivity contribution in [3.63, 3.8) is 0 Å². The van der Waals surface area contributed by atoms with E-state index in [1.807, 2.05) is 0 Å². The monoisotopic (exact) mass is 249 g/mol. The zero-order valence-electron chi connectivity index (χ0n) is 10.7. The summed E-state index contributed by atoms with van der Waals surface area (Å²) in [6.07, 6.45) is 4.29. The molecule has 1 aromatic rings. The first-order chi connectivity index (χ1) is 8.13. The first-order valence-electron chi connectivity index (χ1n) is 6.63. The zero-order valence-corrected chi connectivity index (χ0v) is 11.4. The molecule has 0 amide bonds. The smallest absolute Gasteiger partial charge is 0.0441 e. The Morgan fingerprint density at radius 1 is 1.29 bits per heavy atom. The van der Waals surface area contributed by atoms with Crippen LogP contribution in [0.15, 0.2) is 12.1 Å². The maximum absolute atomic E-state index is 6.27. The van der Waals surface area contributed by atoms with Crippen molar-refractivity contribution in [1.82, 2.24) is 4.90 Å². The van der Waals surface area contributed by atoms with Crippen molar-refractivity contribution in [1.29, 1.82) is 0 Å². The number of aryl methyl sites for hydroxylation is 1. The Labute approximate surface area is 109 Å². The molecule has 2 fully saturated rings. The van der Waals surface area contributed by atoms with E-state index in [9.17, 15) is 0 Å². The summed E-state index contributed by atoms with van der Waals surface area (Å²) in [5.41, 5.74) is 3.96. The molecule has 1 aromatic carbocycles. The second-order valence-corrected chi connectivity index (χ2v) is 6.20. The molecule has 2 unspecified atom stereocenters. The molecule has 2 aliphatic rings. The molecule has 0 N–H and O–H groups in total. The molecule has 17 heavy (non-hydrogen) atoms. The maximum atomic E-state index is 6.27. The number of likely N-dealkylation sites (tertiary alicyclic amines) is 1. The molecule has 0 spiro atoms. The molecular weight excluding hydrogens is 230 g/mol. The third-order valence-electron chi connectivity index (χ3n) is 4.49. The van der Waals surface area contributed by atoms with Gasteiger partial charge in [0.05, 0.1) is 0 Å². The largest absolute Gasteiger partial charge is 0.296 e. The number of hydrogen-bond donors (Lipinski definition) is 0. The van der Waals surface area contributed by atoms with Gasteiger partial charge < -0.3 is 0 Å². The van der Waals surface area contributed by atoms with Gasteiger partial charge in [-0.05, 0) is 61.8 Å². The standard InChI is InChI=1S/C15H20ClN/c1-10-5-13(11(2)15(16)6-10)9-17-8-12-3-4-14(17)7-12/h5-6,12,14H,3-4,7-9H2,1-2H3. The fourth-order valence-corrected chi connectivity index (χ4v) is 3.78. The first-order valence-corrected chi connectivity index (χ1v) is 7.01. The average molecular weight is 250 g/mol. The van der Waals surface area contributed by atoms with Gasteiger partial charge in [-0.1, -0.05) is 17.7 Å². The number of benzene rings is 1. The molecular formula is C15H20ClN. The highest BCUT2D eigenvalue weighted by molar-refractivity contribution is 6.31. The number of fused-ring (bicyclic) bond motifs is 2. The van der Waals surface area contributed by atoms with E-state index in [0.29, 0.717) is 0 Å². The van der Waals surface area contributed by atoms with Gasteiger partial charge in [0.2, 0.25) is 0 Å². The van der Waals surface area contributed by atoms with Crippen LogP contribution < -0.4 is 0 Å². The number of hydrogen-bond acceptors (Lipinski definition) is 1. The summed E-state index contributed by atoms with van der Waals surface area (Å²) in [5, 5.41) is 0.921. The van der Waals surface area contributed by atoms with E-state index in [1.54, 1.807) is 0 Å². The van der Waals surface area contributed by atoms with Crippen LogP contribution in [-0.2, 0) is 6.54 Å². The lowest BCUT2D eigenvalue weighted by Crippen LogP contribution is -2.31. The number of halogens is 1. The molecule has 2 atom stereocenters. The molecule has 92 valence electrons. The van der Waals surface area contributed by atoms with Crippen LogP contribution >= 0.6 is 11.6 Å². The van der Waals surface area contributed by atoms with Gasteiger partial charge in [-0.2, -0.15) is 0 Å². The second-order valence-electron chi connectivity index (χ2n) is 5.79. The summed E-state index contributed by atoms with van der Waals surface area (Å²) in [5.74, 6) is 0.973. The van der Waals surface area contributed by atoms with E-state index in [-0.39, 0.29) is 0 Å². The summed E-state index contributed by atoms with van der Waals surface area (Å²) < 4.78 is 0. The molecule has 0 radical (unpaired) electrons. The summed E-state index contributed by atoms with van der Waals surface area (Å²) in [4.78, 5) is 2.66. The van der Waals surface area contributed by atoms with Crippen molar-refractivity contribution in [2.45, 2.75) is 45.7 Å². The lowest BCUT2D eigenvalue weighted by Gasteiger charge is -2.27. The zero-order chi connectivity index (χ0) is 12.0. The normalized spacial score (nSPS) is 27.9. The number of rotatable bonds is 2. The van der Waals surface area contributed by atoms with Crippen LogP contribution in [0.3, 0.4) is 0 Å². The van der Waals surface area contributed by atoms with Crippen molar-refractivity contribution < 1.29 is 0 Å². The fourth-order valence-electron chi connectivity index (χ4n) is 3.49. The van der Waals surface area contributed by atoms with Crippen molar-refractivity contribution in [3.05, 3.63) is 33.8 Å². The highest BCUT2D eigenvalue weighted by Crippen LogP contribution is 2.38. The molecule has 1 heterocycles. The number of nitrogens with zero attached hydrogens (tertiary/aromatic N) is 1. The Morgan fingerprint density at radius 3 is 2.76 bits per heavy atom. The molecule has 1 saturated carbocycles. The van der Waals surface area contributed by atoms with Crippen molar-refractivity contribution in [2.75, 3.05) is 6.54 Å². The summed E-state index contributed by atoms with van der Waals surface area (Å²) >= 11 is 6.27. The van der Waals surface area contributed by atoms with Crippen molar-refractivity contribution >= 4 is 11.6 Å².